The summed E-state index contributed by atoms with van der Waals surface area (Å²) in [6.07, 6.45) is 2.88. The monoisotopic (exact) mass is 222 g/mol. The molecule has 1 heterocycles. The minimum atomic E-state index is 0.171. The first-order valence-corrected chi connectivity index (χ1v) is 5.93. The Balaban J connectivity index is 2.53. The quantitative estimate of drug-likeness (QED) is 0.772. The zero-order valence-electron chi connectivity index (χ0n) is 10.4. The molecule has 0 saturated carbocycles. The molecule has 16 heavy (non-hydrogen) atoms. The molecule has 0 aliphatic rings. The van der Waals surface area contributed by atoms with Gasteiger partial charge in [0.25, 0.3) is 0 Å². The lowest BCUT2D eigenvalue weighted by atomic mass is 9.99. The highest BCUT2D eigenvalue weighted by atomic mass is 16.3. The van der Waals surface area contributed by atoms with Crippen LogP contribution in [0.3, 0.4) is 0 Å². The third kappa shape index (κ3) is 3.58. The normalized spacial score (nSPS) is 14.8. The van der Waals surface area contributed by atoms with Gasteiger partial charge >= 0.3 is 0 Å². The molecule has 1 aromatic heterocycles. The van der Waals surface area contributed by atoms with Gasteiger partial charge < -0.3 is 10.4 Å². The first-order chi connectivity index (χ1) is 7.69. The lowest BCUT2D eigenvalue weighted by molar-refractivity contribution is 0.201. The fourth-order valence-corrected chi connectivity index (χ4v) is 1.68. The molecule has 2 atom stereocenters. The van der Waals surface area contributed by atoms with E-state index < -0.39 is 0 Å². The van der Waals surface area contributed by atoms with Crippen LogP contribution in [0.1, 0.15) is 31.5 Å². The maximum Gasteiger partial charge on any atom is 0.0587 e. The van der Waals surface area contributed by atoms with Crippen molar-refractivity contribution in [2.75, 3.05) is 6.61 Å². The molecule has 2 unspecified atom stereocenters. The van der Waals surface area contributed by atoms with Crippen LogP contribution in [-0.2, 0) is 6.54 Å². The Hall–Kier alpha value is -0.930. The summed E-state index contributed by atoms with van der Waals surface area (Å²) in [6, 6.07) is 4.19. The molecule has 0 amide bonds. The summed E-state index contributed by atoms with van der Waals surface area (Å²) < 4.78 is 0. The first kappa shape index (κ1) is 13.1. The van der Waals surface area contributed by atoms with Gasteiger partial charge in [0, 0.05) is 24.5 Å². The Morgan fingerprint density at radius 2 is 2.25 bits per heavy atom. The molecular formula is C13H22N2O. The Labute approximate surface area is 97.9 Å². The predicted octanol–water partition coefficient (Wildman–Crippen LogP) is 1.89. The zero-order chi connectivity index (χ0) is 12.0. The predicted molar refractivity (Wildman–Crippen MR) is 66.1 cm³/mol. The minimum absolute atomic E-state index is 0.171. The fraction of sp³-hybridized carbons (Fsp3) is 0.615. The Bertz CT molecular complexity index is 315. The Morgan fingerprint density at radius 3 is 2.81 bits per heavy atom. The molecule has 0 aliphatic carbocycles. The average Bonchev–Trinajstić information content (AvgIpc) is 2.31. The van der Waals surface area contributed by atoms with Gasteiger partial charge in [-0.1, -0.05) is 26.3 Å². The van der Waals surface area contributed by atoms with Crippen molar-refractivity contribution in [3.8, 4) is 0 Å². The summed E-state index contributed by atoms with van der Waals surface area (Å²) in [5, 5.41) is 12.7. The molecule has 0 aromatic carbocycles. The number of hydrogen-bond donors (Lipinski definition) is 2. The SMILES string of the molecule is CCC(C)C(CO)NCc1cccnc1C. The number of nitrogens with zero attached hydrogens (tertiary/aromatic N) is 1. The first-order valence-electron chi connectivity index (χ1n) is 5.93. The van der Waals surface area contributed by atoms with Crippen LogP contribution in [0.4, 0.5) is 0 Å². The van der Waals surface area contributed by atoms with Crippen molar-refractivity contribution in [2.45, 2.75) is 39.8 Å². The summed E-state index contributed by atoms with van der Waals surface area (Å²) in [5.41, 5.74) is 2.25. The summed E-state index contributed by atoms with van der Waals surface area (Å²) in [7, 11) is 0. The van der Waals surface area contributed by atoms with E-state index in [1.165, 1.54) is 5.56 Å². The molecule has 1 rings (SSSR count). The van der Waals surface area contributed by atoms with E-state index in [-0.39, 0.29) is 12.6 Å². The molecule has 0 aliphatic heterocycles. The van der Waals surface area contributed by atoms with E-state index in [0.717, 1.165) is 18.7 Å². The number of aryl methyl sites for hydroxylation is 1. The van der Waals surface area contributed by atoms with Gasteiger partial charge in [-0.15, -0.1) is 0 Å². The van der Waals surface area contributed by atoms with Crippen molar-refractivity contribution in [3.05, 3.63) is 29.6 Å². The Kier molecular flexibility index (Phi) is 5.43. The van der Waals surface area contributed by atoms with Crippen molar-refractivity contribution in [1.82, 2.24) is 10.3 Å². The van der Waals surface area contributed by atoms with Crippen molar-refractivity contribution in [3.63, 3.8) is 0 Å². The maximum atomic E-state index is 9.30. The van der Waals surface area contributed by atoms with Crippen LogP contribution in [0.25, 0.3) is 0 Å². The molecule has 3 heteroatoms. The second-order valence-corrected chi connectivity index (χ2v) is 4.30. The van der Waals surface area contributed by atoms with Crippen LogP contribution >= 0.6 is 0 Å². The van der Waals surface area contributed by atoms with Gasteiger partial charge in [0.15, 0.2) is 0 Å². The van der Waals surface area contributed by atoms with E-state index in [4.69, 9.17) is 0 Å². The van der Waals surface area contributed by atoms with Gasteiger partial charge in [-0.2, -0.15) is 0 Å². The van der Waals surface area contributed by atoms with E-state index in [9.17, 15) is 5.11 Å². The van der Waals surface area contributed by atoms with Crippen LogP contribution in [-0.4, -0.2) is 22.7 Å². The lowest BCUT2D eigenvalue weighted by Gasteiger charge is -2.22. The van der Waals surface area contributed by atoms with Gasteiger partial charge in [-0.25, -0.2) is 0 Å². The third-order valence-corrected chi connectivity index (χ3v) is 3.20. The number of pyridine rings is 1. The number of aliphatic hydroxyl groups is 1. The summed E-state index contributed by atoms with van der Waals surface area (Å²) >= 11 is 0. The molecule has 90 valence electrons. The van der Waals surface area contributed by atoms with E-state index in [0.29, 0.717) is 5.92 Å². The van der Waals surface area contributed by atoms with Crippen LogP contribution in [0.5, 0.6) is 0 Å². The molecule has 0 bridgehead atoms. The molecule has 0 spiro atoms. The number of hydrogen-bond acceptors (Lipinski definition) is 3. The van der Waals surface area contributed by atoms with Crippen LogP contribution < -0.4 is 5.32 Å². The van der Waals surface area contributed by atoms with Crippen molar-refractivity contribution < 1.29 is 5.11 Å². The highest BCUT2D eigenvalue weighted by molar-refractivity contribution is 5.17. The summed E-state index contributed by atoms with van der Waals surface area (Å²) in [4.78, 5) is 4.25. The third-order valence-electron chi connectivity index (χ3n) is 3.20. The van der Waals surface area contributed by atoms with E-state index >= 15 is 0 Å². The molecule has 1 aromatic rings. The summed E-state index contributed by atoms with van der Waals surface area (Å²) in [5.74, 6) is 0.488. The molecule has 0 radical (unpaired) electrons. The van der Waals surface area contributed by atoms with Crippen molar-refractivity contribution in [2.24, 2.45) is 5.92 Å². The van der Waals surface area contributed by atoms with Crippen molar-refractivity contribution in [1.29, 1.82) is 0 Å². The van der Waals surface area contributed by atoms with E-state index in [2.05, 4.69) is 30.2 Å². The van der Waals surface area contributed by atoms with Crippen molar-refractivity contribution >= 4 is 0 Å². The number of rotatable bonds is 6. The smallest absolute Gasteiger partial charge is 0.0587 e. The number of nitrogens with one attached hydrogen (secondary N) is 1. The number of aliphatic hydroxyl groups excluding tert-OH is 1. The van der Waals surface area contributed by atoms with Gasteiger partial charge in [-0.05, 0) is 24.5 Å². The van der Waals surface area contributed by atoms with Crippen LogP contribution in [0, 0.1) is 12.8 Å². The van der Waals surface area contributed by atoms with Gasteiger partial charge in [0.05, 0.1) is 6.61 Å². The highest BCUT2D eigenvalue weighted by Crippen LogP contribution is 2.09. The number of aromatic nitrogens is 1. The molecule has 3 nitrogen and oxygen atoms in total. The van der Waals surface area contributed by atoms with Gasteiger partial charge in [-0.3, -0.25) is 4.98 Å². The van der Waals surface area contributed by atoms with E-state index in [1.807, 2.05) is 13.0 Å². The molecule has 0 saturated heterocycles. The highest BCUT2D eigenvalue weighted by Gasteiger charge is 2.14. The Morgan fingerprint density at radius 1 is 1.50 bits per heavy atom. The lowest BCUT2D eigenvalue weighted by Crippen LogP contribution is -2.37. The molecule has 2 N–H and O–H groups in total. The standard InChI is InChI=1S/C13H22N2O/c1-4-10(2)13(9-16)15-8-12-6-5-7-14-11(12)3/h5-7,10,13,15-16H,4,8-9H2,1-3H3. The summed E-state index contributed by atoms with van der Waals surface area (Å²) in [6.45, 7) is 7.27. The second kappa shape index (κ2) is 6.61. The van der Waals surface area contributed by atoms with Gasteiger partial charge in [0.1, 0.15) is 0 Å². The topological polar surface area (TPSA) is 45.1 Å². The second-order valence-electron chi connectivity index (χ2n) is 4.30. The van der Waals surface area contributed by atoms with Crippen LogP contribution in [0.15, 0.2) is 18.3 Å². The molecular weight excluding hydrogens is 200 g/mol. The van der Waals surface area contributed by atoms with E-state index in [1.54, 1.807) is 6.20 Å². The minimum Gasteiger partial charge on any atom is -0.395 e. The van der Waals surface area contributed by atoms with Crippen LogP contribution in [0.2, 0.25) is 0 Å². The zero-order valence-corrected chi connectivity index (χ0v) is 10.4. The van der Waals surface area contributed by atoms with Gasteiger partial charge in [0.2, 0.25) is 0 Å². The average molecular weight is 222 g/mol. The fourth-order valence-electron chi connectivity index (χ4n) is 1.68. The maximum absolute atomic E-state index is 9.30. The largest absolute Gasteiger partial charge is 0.395 e. The molecule has 0 fully saturated rings.